The maximum absolute atomic E-state index is 12.6. The van der Waals surface area contributed by atoms with Gasteiger partial charge in [-0.1, -0.05) is 36.4 Å². The summed E-state index contributed by atoms with van der Waals surface area (Å²) in [6, 6.07) is 15.0. The maximum atomic E-state index is 12.6. The van der Waals surface area contributed by atoms with Gasteiger partial charge >= 0.3 is 0 Å². The van der Waals surface area contributed by atoms with Crippen LogP contribution >= 0.6 is 0 Å². The molecule has 132 valence electrons. The van der Waals surface area contributed by atoms with Gasteiger partial charge in [0.05, 0.1) is 17.1 Å². The summed E-state index contributed by atoms with van der Waals surface area (Å²) in [5.41, 5.74) is 1.54. The second kappa shape index (κ2) is 6.63. The highest BCUT2D eigenvalue weighted by Gasteiger charge is 2.21. The second-order valence-corrected chi connectivity index (χ2v) is 6.48. The van der Waals surface area contributed by atoms with Crippen molar-refractivity contribution in [1.82, 2.24) is 15.1 Å². The summed E-state index contributed by atoms with van der Waals surface area (Å²) in [6.45, 7) is 2.15. The molecule has 1 amide bonds. The zero-order valence-electron chi connectivity index (χ0n) is 14.4. The summed E-state index contributed by atoms with van der Waals surface area (Å²) in [6.07, 6.45) is 0.709. The van der Waals surface area contributed by atoms with Crippen molar-refractivity contribution in [3.63, 3.8) is 0 Å². The van der Waals surface area contributed by atoms with E-state index < -0.39 is 0 Å². The van der Waals surface area contributed by atoms with Gasteiger partial charge in [-0.15, -0.1) is 0 Å². The molecule has 2 aromatic carbocycles. The smallest absolute Gasteiger partial charge is 0.275 e. The van der Waals surface area contributed by atoms with Crippen LogP contribution in [0.4, 0.5) is 0 Å². The lowest BCUT2D eigenvalue weighted by Crippen LogP contribution is -2.45. The topological polar surface area (TPSA) is 73.2 Å². The highest BCUT2D eigenvalue weighted by Crippen LogP contribution is 2.23. The molecule has 0 radical (unpaired) electrons. The average Bonchev–Trinajstić information content (AvgIpc) is 2.66. The van der Waals surface area contributed by atoms with Crippen LogP contribution in [0.2, 0.25) is 0 Å². The van der Waals surface area contributed by atoms with Crippen LogP contribution in [-0.4, -0.2) is 28.3 Å². The lowest BCUT2D eigenvalue weighted by molar-refractivity contribution is -0.122. The molecule has 3 aromatic rings. The van der Waals surface area contributed by atoms with Crippen molar-refractivity contribution >= 4 is 16.7 Å². The van der Waals surface area contributed by atoms with Crippen molar-refractivity contribution < 1.29 is 9.53 Å². The van der Waals surface area contributed by atoms with Crippen LogP contribution in [0.25, 0.3) is 10.8 Å². The summed E-state index contributed by atoms with van der Waals surface area (Å²) in [4.78, 5) is 25.0. The highest BCUT2D eigenvalue weighted by molar-refractivity contribution is 5.83. The molecule has 0 fully saturated rings. The number of ether oxygens (including phenoxy) is 1. The van der Waals surface area contributed by atoms with E-state index in [0.29, 0.717) is 18.4 Å². The number of benzene rings is 2. The largest absolute Gasteiger partial charge is 0.491 e. The van der Waals surface area contributed by atoms with Crippen LogP contribution in [-0.2, 0) is 17.8 Å². The lowest BCUT2D eigenvalue weighted by Gasteiger charge is -2.26. The number of nitrogens with one attached hydrogen (secondary N) is 1. The number of para-hydroxylation sites is 1. The Balaban J connectivity index is 1.50. The summed E-state index contributed by atoms with van der Waals surface area (Å²) < 4.78 is 6.92. The Hall–Kier alpha value is -3.15. The first-order valence-corrected chi connectivity index (χ1v) is 8.58. The second-order valence-electron chi connectivity index (χ2n) is 6.48. The van der Waals surface area contributed by atoms with Gasteiger partial charge in [0.2, 0.25) is 5.91 Å². The van der Waals surface area contributed by atoms with Crippen molar-refractivity contribution in [1.29, 1.82) is 0 Å². The van der Waals surface area contributed by atoms with Gasteiger partial charge in [-0.25, -0.2) is 4.68 Å². The summed E-state index contributed by atoms with van der Waals surface area (Å²) in [5, 5.41) is 8.60. The number of amides is 1. The predicted molar refractivity (Wildman–Crippen MR) is 98.3 cm³/mol. The Labute approximate surface area is 150 Å². The number of hydrogen-bond acceptors (Lipinski definition) is 4. The van der Waals surface area contributed by atoms with Crippen molar-refractivity contribution in [3.05, 3.63) is 70.1 Å². The van der Waals surface area contributed by atoms with Crippen LogP contribution < -0.4 is 15.6 Å². The van der Waals surface area contributed by atoms with E-state index in [2.05, 4.69) is 10.4 Å². The van der Waals surface area contributed by atoms with Gasteiger partial charge in [-0.2, -0.15) is 5.10 Å². The Kier molecular flexibility index (Phi) is 4.16. The highest BCUT2D eigenvalue weighted by atomic mass is 16.5. The first-order valence-electron chi connectivity index (χ1n) is 8.58. The van der Waals surface area contributed by atoms with Crippen molar-refractivity contribution in [3.8, 4) is 5.75 Å². The van der Waals surface area contributed by atoms with Crippen molar-refractivity contribution in [2.75, 3.05) is 6.61 Å². The quantitative estimate of drug-likeness (QED) is 0.783. The predicted octanol–water partition coefficient (Wildman–Crippen LogP) is 1.82. The zero-order valence-corrected chi connectivity index (χ0v) is 14.4. The molecule has 4 rings (SSSR count). The molecule has 6 nitrogen and oxygen atoms in total. The molecule has 0 unspecified atom stereocenters. The van der Waals surface area contributed by atoms with E-state index in [-0.39, 0.29) is 24.1 Å². The van der Waals surface area contributed by atoms with E-state index in [9.17, 15) is 9.59 Å². The normalized spacial score (nSPS) is 16.0. The van der Waals surface area contributed by atoms with Crippen LogP contribution in [0, 0.1) is 6.92 Å². The molecule has 1 N–H and O–H groups in total. The molecule has 0 saturated heterocycles. The molecule has 1 atom stereocenters. The molecule has 0 spiro atoms. The van der Waals surface area contributed by atoms with Gasteiger partial charge in [0, 0.05) is 5.39 Å². The van der Waals surface area contributed by atoms with E-state index in [1.807, 2.05) is 49.4 Å². The van der Waals surface area contributed by atoms with Gasteiger partial charge in [0.15, 0.2) is 0 Å². The molecule has 26 heavy (non-hydrogen) atoms. The first kappa shape index (κ1) is 16.3. The SMILES string of the molecule is Cc1nn(CC(=O)N[C@@H]2COc3ccccc3C2)c(=O)c2ccccc12. The standard InChI is InChI=1S/C20H19N3O3/c1-13-16-7-3-4-8-17(16)20(25)23(22-13)11-19(24)21-15-10-14-6-2-5-9-18(14)26-12-15/h2-9,15H,10-12H2,1H3,(H,21,24)/t15-/m0/s1. The molecule has 1 aliphatic heterocycles. The van der Waals surface area contributed by atoms with Gasteiger partial charge in [-0.05, 0) is 31.0 Å². The van der Waals surface area contributed by atoms with Crippen LogP contribution in [0.5, 0.6) is 5.75 Å². The Bertz CT molecular complexity index is 1040. The zero-order chi connectivity index (χ0) is 18.1. The van der Waals surface area contributed by atoms with Gasteiger partial charge in [0.1, 0.15) is 18.9 Å². The number of fused-ring (bicyclic) bond motifs is 2. The number of carbonyl (C=O) groups excluding carboxylic acids is 1. The minimum absolute atomic E-state index is 0.108. The van der Waals surface area contributed by atoms with Crippen LogP contribution in [0.15, 0.2) is 53.3 Å². The van der Waals surface area contributed by atoms with E-state index in [0.717, 1.165) is 22.4 Å². The molecule has 0 saturated carbocycles. The molecular weight excluding hydrogens is 330 g/mol. The number of rotatable bonds is 3. The Morgan fingerprint density at radius 3 is 2.77 bits per heavy atom. The lowest BCUT2D eigenvalue weighted by atomic mass is 10.0. The van der Waals surface area contributed by atoms with Crippen molar-refractivity contribution in [2.45, 2.75) is 25.9 Å². The monoisotopic (exact) mass is 349 g/mol. The molecular formula is C20H19N3O3. The third kappa shape index (κ3) is 3.06. The van der Waals surface area contributed by atoms with Crippen LogP contribution in [0.1, 0.15) is 11.3 Å². The number of aryl methyl sites for hydroxylation is 1. The Morgan fingerprint density at radius 1 is 1.19 bits per heavy atom. The number of aromatic nitrogens is 2. The van der Waals surface area contributed by atoms with Crippen LogP contribution in [0.3, 0.4) is 0 Å². The molecule has 0 aliphatic carbocycles. The molecule has 2 heterocycles. The third-order valence-corrected chi connectivity index (χ3v) is 4.59. The summed E-state index contributed by atoms with van der Waals surface area (Å²) in [7, 11) is 0. The van der Waals surface area contributed by atoms with E-state index in [4.69, 9.17) is 4.74 Å². The first-order chi connectivity index (χ1) is 12.6. The third-order valence-electron chi connectivity index (χ3n) is 4.59. The fraction of sp³-hybridized carbons (Fsp3) is 0.250. The van der Waals surface area contributed by atoms with E-state index in [1.165, 1.54) is 4.68 Å². The fourth-order valence-electron chi connectivity index (χ4n) is 3.34. The molecule has 1 aliphatic rings. The van der Waals surface area contributed by atoms with E-state index in [1.54, 1.807) is 6.07 Å². The minimum atomic E-state index is -0.258. The number of carbonyl (C=O) groups is 1. The molecule has 6 heteroatoms. The number of nitrogens with zero attached hydrogens (tertiary/aromatic N) is 2. The van der Waals surface area contributed by atoms with Gasteiger partial charge in [0.25, 0.3) is 5.56 Å². The maximum Gasteiger partial charge on any atom is 0.275 e. The fourth-order valence-corrected chi connectivity index (χ4v) is 3.34. The van der Waals surface area contributed by atoms with Gasteiger partial charge < -0.3 is 10.1 Å². The van der Waals surface area contributed by atoms with Gasteiger partial charge in [-0.3, -0.25) is 9.59 Å². The Morgan fingerprint density at radius 2 is 1.92 bits per heavy atom. The summed E-state index contributed by atoms with van der Waals surface area (Å²) >= 11 is 0. The average molecular weight is 349 g/mol. The van der Waals surface area contributed by atoms with Crippen molar-refractivity contribution in [2.24, 2.45) is 0 Å². The minimum Gasteiger partial charge on any atom is -0.491 e. The number of hydrogen-bond donors (Lipinski definition) is 1. The molecule has 0 bridgehead atoms. The summed E-state index contributed by atoms with van der Waals surface area (Å²) in [5.74, 6) is 0.614. The molecule has 1 aromatic heterocycles. The van der Waals surface area contributed by atoms with E-state index >= 15 is 0 Å².